The maximum Gasteiger partial charge on any atom is 0.206 e. The third kappa shape index (κ3) is 5.65. The summed E-state index contributed by atoms with van der Waals surface area (Å²) in [5, 5.41) is 12.1. The minimum Gasteiger partial charge on any atom is -0.383 e. The van der Waals surface area contributed by atoms with Crippen molar-refractivity contribution in [3.05, 3.63) is 58.7 Å². The van der Waals surface area contributed by atoms with Crippen LogP contribution in [0, 0.1) is 19.7 Å². The predicted octanol–water partition coefficient (Wildman–Crippen LogP) is 4.33. The van der Waals surface area contributed by atoms with Crippen LogP contribution in [-0.4, -0.2) is 40.0 Å². The standard InChI is InChI=1S/C20H23FN4O2S2/c1-13-10-17(14(2)25(13)8-9-27-3)18(26)12-28-20-24-23-19(29-20)22-11-15-4-6-16(21)7-5-15/h4-7,10H,8-9,11-12H2,1-3H3,(H,22,23). The maximum absolute atomic E-state index is 13.0. The topological polar surface area (TPSA) is 69.0 Å². The minimum atomic E-state index is -0.257. The summed E-state index contributed by atoms with van der Waals surface area (Å²) in [4.78, 5) is 12.7. The number of Topliss-reactive ketones (excluding diaryl/α,β-unsaturated/α-hetero) is 1. The number of nitrogens with one attached hydrogen (secondary N) is 1. The molecule has 0 radical (unpaired) electrons. The first-order chi connectivity index (χ1) is 14.0. The van der Waals surface area contributed by atoms with E-state index in [1.54, 1.807) is 19.2 Å². The molecule has 0 unspecified atom stereocenters. The Morgan fingerprint density at radius 3 is 2.76 bits per heavy atom. The van der Waals surface area contributed by atoms with Crippen molar-refractivity contribution >= 4 is 34.0 Å². The van der Waals surface area contributed by atoms with Crippen LogP contribution in [0.5, 0.6) is 0 Å². The van der Waals surface area contributed by atoms with Gasteiger partial charge in [-0.1, -0.05) is 35.2 Å². The van der Waals surface area contributed by atoms with Gasteiger partial charge >= 0.3 is 0 Å². The second-order valence-corrected chi connectivity index (χ2v) is 8.69. The number of rotatable bonds is 10. The molecule has 6 nitrogen and oxygen atoms in total. The van der Waals surface area contributed by atoms with Crippen molar-refractivity contribution < 1.29 is 13.9 Å². The van der Waals surface area contributed by atoms with Crippen LogP contribution in [0.3, 0.4) is 0 Å². The van der Waals surface area contributed by atoms with Gasteiger partial charge in [-0.3, -0.25) is 4.79 Å². The summed E-state index contributed by atoms with van der Waals surface area (Å²) >= 11 is 2.78. The van der Waals surface area contributed by atoms with Crippen molar-refractivity contribution in [1.29, 1.82) is 0 Å². The number of ketones is 1. The maximum atomic E-state index is 13.0. The van der Waals surface area contributed by atoms with Crippen LogP contribution in [-0.2, 0) is 17.8 Å². The normalized spacial score (nSPS) is 11.0. The van der Waals surface area contributed by atoms with Gasteiger partial charge in [0.05, 0.1) is 12.4 Å². The van der Waals surface area contributed by atoms with Crippen LogP contribution in [0.1, 0.15) is 27.3 Å². The summed E-state index contributed by atoms with van der Waals surface area (Å²) in [6, 6.07) is 8.23. The van der Waals surface area contributed by atoms with Gasteiger partial charge in [-0.25, -0.2) is 4.39 Å². The Bertz CT molecular complexity index is 970. The summed E-state index contributed by atoms with van der Waals surface area (Å²) in [7, 11) is 1.67. The highest BCUT2D eigenvalue weighted by Crippen LogP contribution is 2.27. The largest absolute Gasteiger partial charge is 0.383 e. The lowest BCUT2D eigenvalue weighted by Gasteiger charge is -2.08. The number of benzene rings is 1. The lowest BCUT2D eigenvalue weighted by atomic mass is 10.2. The van der Waals surface area contributed by atoms with Crippen LogP contribution in [0.2, 0.25) is 0 Å². The van der Waals surface area contributed by atoms with E-state index in [1.807, 2.05) is 19.9 Å². The van der Waals surface area contributed by atoms with Crippen LogP contribution in [0.15, 0.2) is 34.7 Å². The number of hydrogen-bond acceptors (Lipinski definition) is 7. The average Bonchev–Trinajstić information content (AvgIpc) is 3.28. The van der Waals surface area contributed by atoms with E-state index in [2.05, 4.69) is 20.1 Å². The zero-order valence-electron chi connectivity index (χ0n) is 16.6. The molecule has 0 aliphatic rings. The molecule has 0 saturated heterocycles. The second kappa shape index (κ2) is 10.00. The molecular weight excluding hydrogens is 411 g/mol. The van der Waals surface area contributed by atoms with Gasteiger partial charge in [0.15, 0.2) is 10.1 Å². The number of ether oxygens (including phenoxy) is 1. The Morgan fingerprint density at radius 2 is 2.03 bits per heavy atom. The van der Waals surface area contributed by atoms with E-state index in [9.17, 15) is 9.18 Å². The van der Waals surface area contributed by atoms with Crippen molar-refractivity contribution in [2.45, 2.75) is 31.3 Å². The summed E-state index contributed by atoms with van der Waals surface area (Å²) in [6.07, 6.45) is 0. The summed E-state index contributed by atoms with van der Waals surface area (Å²) < 4.78 is 20.9. The van der Waals surface area contributed by atoms with E-state index in [-0.39, 0.29) is 11.6 Å². The molecule has 0 aliphatic heterocycles. The molecule has 0 atom stereocenters. The summed E-state index contributed by atoms with van der Waals surface area (Å²) in [5.41, 5.74) is 3.71. The number of aromatic nitrogens is 3. The van der Waals surface area contributed by atoms with Crippen LogP contribution in [0.4, 0.5) is 9.52 Å². The van der Waals surface area contributed by atoms with Crippen molar-refractivity contribution in [3.63, 3.8) is 0 Å². The Balaban J connectivity index is 1.54. The molecule has 2 aromatic heterocycles. The number of nitrogens with zero attached hydrogens (tertiary/aromatic N) is 3. The molecule has 0 fully saturated rings. The molecule has 2 heterocycles. The van der Waals surface area contributed by atoms with E-state index in [0.29, 0.717) is 24.0 Å². The van der Waals surface area contributed by atoms with Gasteiger partial charge in [-0.15, -0.1) is 10.2 Å². The van der Waals surface area contributed by atoms with Gasteiger partial charge in [0.1, 0.15) is 5.82 Å². The van der Waals surface area contributed by atoms with E-state index in [1.165, 1.54) is 35.2 Å². The fourth-order valence-electron chi connectivity index (χ4n) is 2.93. The molecule has 0 aliphatic carbocycles. The first kappa shape index (κ1) is 21.5. The van der Waals surface area contributed by atoms with Crippen molar-refractivity contribution in [2.24, 2.45) is 0 Å². The number of methoxy groups -OCH3 is 1. The Morgan fingerprint density at radius 1 is 1.28 bits per heavy atom. The first-order valence-electron chi connectivity index (χ1n) is 9.11. The van der Waals surface area contributed by atoms with Crippen LogP contribution < -0.4 is 5.32 Å². The molecule has 1 N–H and O–H groups in total. The number of thioether (sulfide) groups is 1. The summed E-state index contributed by atoms with van der Waals surface area (Å²) in [5.74, 6) is 0.122. The molecule has 0 bridgehead atoms. The van der Waals surface area contributed by atoms with Crippen molar-refractivity contribution in [2.75, 3.05) is 24.8 Å². The smallest absolute Gasteiger partial charge is 0.206 e. The third-order valence-corrected chi connectivity index (χ3v) is 6.50. The Labute approximate surface area is 177 Å². The molecule has 29 heavy (non-hydrogen) atoms. The SMILES string of the molecule is COCCn1c(C)cc(C(=O)CSc2nnc(NCc3ccc(F)cc3)s2)c1C. The fraction of sp³-hybridized carbons (Fsp3) is 0.350. The molecule has 1 aromatic carbocycles. The Kier molecular flexibility index (Phi) is 7.40. The van der Waals surface area contributed by atoms with E-state index < -0.39 is 0 Å². The van der Waals surface area contributed by atoms with Gasteiger partial charge in [0.2, 0.25) is 5.13 Å². The average molecular weight is 435 g/mol. The highest BCUT2D eigenvalue weighted by Gasteiger charge is 2.17. The third-order valence-electron chi connectivity index (χ3n) is 4.48. The van der Waals surface area contributed by atoms with Crippen LogP contribution in [0.25, 0.3) is 0 Å². The molecular formula is C20H23FN4O2S2. The number of anilines is 1. The Hall–Kier alpha value is -2.23. The fourth-order valence-corrected chi connectivity index (χ4v) is 4.57. The van der Waals surface area contributed by atoms with Crippen LogP contribution >= 0.6 is 23.1 Å². The van der Waals surface area contributed by atoms with Gasteiger partial charge in [-0.05, 0) is 37.6 Å². The van der Waals surface area contributed by atoms with Gasteiger partial charge in [-0.2, -0.15) is 0 Å². The minimum absolute atomic E-state index is 0.0720. The monoisotopic (exact) mass is 434 g/mol. The number of aryl methyl sites for hydroxylation is 1. The zero-order valence-corrected chi connectivity index (χ0v) is 18.2. The molecule has 3 aromatic rings. The summed E-state index contributed by atoms with van der Waals surface area (Å²) in [6.45, 7) is 5.83. The van der Waals surface area contributed by atoms with Crippen molar-refractivity contribution in [1.82, 2.24) is 14.8 Å². The van der Waals surface area contributed by atoms with E-state index in [4.69, 9.17) is 4.74 Å². The lowest BCUT2D eigenvalue weighted by molar-refractivity contribution is 0.102. The molecule has 3 rings (SSSR count). The number of carbonyl (C=O) groups is 1. The number of halogens is 1. The van der Waals surface area contributed by atoms with E-state index in [0.717, 1.165) is 33.4 Å². The van der Waals surface area contributed by atoms with Gasteiger partial charge < -0.3 is 14.6 Å². The highest BCUT2D eigenvalue weighted by atomic mass is 32.2. The molecule has 0 saturated carbocycles. The lowest BCUT2D eigenvalue weighted by Crippen LogP contribution is -2.09. The number of hydrogen-bond donors (Lipinski definition) is 1. The quantitative estimate of drug-likeness (QED) is 0.378. The molecule has 0 spiro atoms. The number of carbonyl (C=O) groups excluding carboxylic acids is 1. The molecule has 154 valence electrons. The second-order valence-electron chi connectivity index (χ2n) is 6.49. The van der Waals surface area contributed by atoms with Gasteiger partial charge in [0.25, 0.3) is 0 Å². The molecule has 0 amide bonds. The predicted molar refractivity (Wildman–Crippen MR) is 114 cm³/mol. The highest BCUT2D eigenvalue weighted by molar-refractivity contribution is 8.01. The van der Waals surface area contributed by atoms with Gasteiger partial charge in [0, 0.05) is 37.2 Å². The zero-order chi connectivity index (χ0) is 20.8. The molecule has 9 heteroatoms. The first-order valence-corrected chi connectivity index (χ1v) is 10.9. The van der Waals surface area contributed by atoms with E-state index >= 15 is 0 Å². The van der Waals surface area contributed by atoms with Crippen molar-refractivity contribution in [3.8, 4) is 0 Å².